The van der Waals surface area contributed by atoms with E-state index in [0.29, 0.717) is 50.0 Å². The lowest BCUT2D eigenvalue weighted by atomic mass is 10.2. The van der Waals surface area contributed by atoms with Crippen LogP contribution in [-0.4, -0.2) is 96.1 Å². The van der Waals surface area contributed by atoms with Crippen molar-refractivity contribution >= 4 is 34.7 Å². The van der Waals surface area contributed by atoms with Gasteiger partial charge >= 0.3 is 12.1 Å². The summed E-state index contributed by atoms with van der Waals surface area (Å²) in [5.74, 6) is 1.53. The highest BCUT2D eigenvalue weighted by Crippen LogP contribution is 2.27. The van der Waals surface area contributed by atoms with Crippen LogP contribution in [0.1, 0.15) is 0 Å². The number of urea groups is 1. The van der Waals surface area contributed by atoms with Crippen LogP contribution < -0.4 is 15.4 Å². The van der Waals surface area contributed by atoms with Crippen molar-refractivity contribution in [3.63, 3.8) is 0 Å². The molecule has 1 aromatic carbocycles. The summed E-state index contributed by atoms with van der Waals surface area (Å²) >= 11 is 0. The van der Waals surface area contributed by atoms with E-state index in [2.05, 4.69) is 15.6 Å². The number of hydrogen-bond donors (Lipinski definition) is 2. The molecule has 4 rings (SSSR count). The lowest BCUT2D eigenvalue weighted by molar-refractivity contribution is -0.133. The molecule has 11 heteroatoms. The van der Waals surface area contributed by atoms with Crippen LogP contribution in [0.15, 0.2) is 48.8 Å². The third-order valence-corrected chi connectivity index (χ3v) is 5.67. The molecule has 3 heterocycles. The summed E-state index contributed by atoms with van der Waals surface area (Å²) in [7, 11) is 5.29. The van der Waals surface area contributed by atoms with E-state index in [0.717, 1.165) is 10.9 Å². The van der Waals surface area contributed by atoms with Gasteiger partial charge in [-0.1, -0.05) is 0 Å². The van der Waals surface area contributed by atoms with Crippen molar-refractivity contribution in [2.45, 2.75) is 0 Å². The maximum Gasteiger partial charge on any atom is 0.325 e. The predicted octanol–water partition coefficient (Wildman–Crippen LogP) is 2.25. The average Bonchev–Trinajstić information content (AvgIpc) is 3.27. The van der Waals surface area contributed by atoms with Gasteiger partial charge in [0.15, 0.2) is 0 Å². The Labute approximate surface area is 203 Å². The Balaban J connectivity index is 1.36. The van der Waals surface area contributed by atoms with Gasteiger partial charge in [-0.05, 0) is 44.4 Å². The van der Waals surface area contributed by atoms with Crippen LogP contribution in [0.25, 0.3) is 10.9 Å². The number of benzene rings is 1. The minimum Gasteiger partial charge on any atom is -0.457 e. The van der Waals surface area contributed by atoms with Crippen LogP contribution in [0.4, 0.5) is 15.4 Å². The molecule has 0 unspecified atom stereocenters. The smallest absolute Gasteiger partial charge is 0.325 e. The summed E-state index contributed by atoms with van der Waals surface area (Å²) in [6.45, 7) is 2.27. The summed E-state index contributed by atoms with van der Waals surface area (Å²) in [6.07, 6.45) is 3.26. The first-order chi connectivity index (χ1) is 16.8. The minimum absolute atomic E-state index is 0.0601. The van der Waals surface area contributed by atoms with E-state index >= 15 is 0 Å². The van der Waals surface area contributed by atoms with Crippen molar-refractivity contribution in [3.8, 4) is 11.5 Å². The zero-order chi connectivity index (χ0) is 24.9. The third-order valence-electron chi connectivity index (χ3n) is 5.67. The summed E-state index contributed by atoms with van der Waals surface area (Å²) in [6, 6.07) is 10.1. The first-order valence-electron chi connectivity index (χ1n) is 11.3. The van der Waals surface area contributed by atoms with Crippen molar-refractivity contribution in [3.05, 3.63) is 48.8 Å². The Morgan fingerprint density at radius 3 is 2.40 bits per heavy atom. The quantitative estimate of drug-likeness (QED) is 0.581. The summed E-state index contributed by atoms with van der Waals surface area (Å²) in [4.78, 5) is 46.3. The number of likely N-dealkylation sites (N-methyl/N-ethyl adjacent to an activating group) is 1. The third kappa shape index (κ3) is 5.69. The second-order valence-corrected chi connectivity index (χ2v) is 8.48. The first kappa shape index (κ1) is 24.0. The van der Waals surface area contributed by atoms with Crippen molar-refractivity contribution in [1.82, 2.24) is 29.6 Å². The molecule has 0 spiro atoms. The number of nitrogens with one attached hydrogen (secondary N) is 2. The molecule has 1 saturated heterocycles. The fourth-order valence-electron chi connectivity index (χ4n) is 3.88. The number of fused-ring (bicyclic) bond motifs is 1. The number of amides is 4. The summed E-state index contributed by atoms with van der Waals surface area (Å²) in [5.41, 5.74) is 0.767. The Hall–Kier alpha value is -4.12. The van der Waals surface area contributed by atoms with Gasteiger partial charge in [0.05, 0.1) is 12.1 Å². The van der Waals surface area contributed by atoms with E-state index in [9.17, 15) is 14.4 Å². The molecule has 0 radical (unpaired) electrons. The standard InChI is InChI=1S/C24H29N7O4/c1-25-23(33)31-9-7-17-14-18(4-5-20(17)31)35-19-6-8-26-21(15-19)27-24(34)30-12-10-29(11-13-30)22(32)16-28(2)3/h4-9,14-15H,10-13,16H2,1-3H3,(H,25,33)(H,26,27,34). The van der Waals surface area contributed by atoms with E-state index in [-0.39, 0.29) is 18.0 Å². The number of nitrogens with zero attached hydrogens (tertiary/aromatic N) is 5. The molecule has 0 atom stereocenters. The highest BCUT2D eigenvalue weighted by atomic mass is 16.5. The molecule has 0 aliphatic carbocycles. The Morgan fingerprint density at radius 1 is 0.971 bits per heavy atom. The number of hydrogen-bond acceptors (Lipinski definition) is 6. The maximum absolute atomic E-state index is 12.7. The lowest BCUT2D eigenvalue weighted by Gasteiger charge is -2.35. The van der Waals surface area contributed by atoms with Crippen molar-refractivity contribution in [1.29, 1.82) is 0 Å². The molecule has 184 valence electrons. The van der Waals surface area contributed by atoms with Gasteiger partial charge in [0.25, 0.3) is 0 Å². The highest BCUT2D eigenvalue weighted by Gasteiger charge is 2.24. The topological polar surface area (TPSA) is 112 Å². The largest absolute Gasteiger partial charge is 0.457 e. The maximum atomic E-state index is 12.7. The molecule has 0 bridgehead atoms. The molecular weight excluding hydrogens is 450 g/mol. The molecule has 0 saturated carbocycles. The van der Waals surface area contributed by atoms with Crippen molar-refractivity contribution in [2.24, 2.45) is 0 Å². The molecule has 1 fully saturated rings. The van der Waals surface area contributed by atoms with Crippen LogP contribution in [0, 0.1) is 0 Å². The summed E-state index contributed by atoms with van der Waals surface area (Å²) in [5, 5.41) is 6.26. The van der Waals surface area contributed by atoms with Gasteiger partial charge in [-0.15, -0.1) is 0 Å². The zero-order valence-corrected chi connectivity index (χ0v) is 20.0. The monoisotopic (exact) mass is 479 g/mol. The van der Waals surface area contributed by atoms with Gasteiger partial charge in [-0.3, -0.25) is 14.7 Å². The normalized spacial score (nSPS) is 13.7. The van der Waals surface area contributed by atoms with Crippen LogP contribution in [0.5, 0.6) is 11.5 Å². The molecular formula is C24H29N7O4. The fourth-order valence-corrected chi connectivity index (χ4v) is 3.88. The van der Waals surface area contributed by atoms with Crippen LogP contribution >= 0.6 is 0 Å². The molecule has 1 aliphatic heterocycles. The van der Waals surface area contributed by atoms with Gasteiger partial charge in [0.1, 0.15) is 17.3 Å². The number of anilines is 1. The number of aromatic nitrogens is 2. The predicted molar refractivity (Wildman–Crippen MR) is 132 cm³/mol. The highest BCUT2D eigenvalue weighted by molar-refractivity contribution is 5.92. The number of carbonyl (C=O) groups is 3. The molecule has 3 aromatic rings. The Morgan fingerprint density at radius 2 is 1.69 bits per heavy atom. The van der Waals surface area contributed by atoms with E-state index in [1.807, 2.05) is 37.2 Å². The first-order valence-corrected chi connectivity index (χ1v) is 11.3. The van der Waals surface area contributed by atoms with Crippen molar-refractivity contribution in [2.75, 3.05) is 59.2 Å². The molecule has 1 aliphatic rings. The van der Waals surface area contributed by atoms with Gasteiger partial charge in [-0.2, -0.15) is 0 Å². The minimum atomic E-state index is -0.272. The lowest BCUT2D eigenvalue weighted by Crippen LogP contribution is -2.53. The summed E-state index contributed by atoms with van der Waals surface area (Å²) < 4.78 is 7.48. The number of carbonyl (C=O) groups excluding carboxylic acids is 3. The molecule has 4 amide bonds. The van der Waals surface area contributed by atoms with Crippen LogP contribution in [-0.2, 0) is 4.79 Å². The van der Waals surface area contributed by atoms with E-state index in [4.69, 9.17) is 4.74 Å². The zero-order valence-electron chi connectivity index (χ0n) is 20.0. The van der Waals surface area contributed by atoms with E-state index in [1.165, 1.54) is 4.57 Å². The van der Waals surface area contributed by atoms with E-state index in [1.54, 1.807) is 47.4 Å². The van der Waals surface area contributed by atoms with Crippen LogP contribution in [0.3, 0.4) is 0 Å². The second-order valence-electron chi connectivity index (χ2n) is 8.48. The van der Waals surface area contributed by atoms with Gasteiger partial charge in [-0.25, -0.2) is 14.6 Å². The molecule has 35 heavy (non-hydrogen) atoms. The van der Waals surface area contributed by atoms with Gasteiger partial charge < -0.3 is 24.8 Å². The van der Waals surface area contributed by atoms with Crippen molar-refractivity contribution < 1.29 is 19.1 Å². The number of ether oxygens (including phenoxy) is 1. The van der Waals surface area contributed by atoms with Crippen LogP contribution in [0.2, 0.25) is 0 Å². The Kier molecular flexibility index (Phi) is 7.16. The second kappa shape index (κ2) is 10.4. The van der Waals surface area contributed by atoms with Gasteiger partial charge in [0, 0.05) is 57.1 Å². The number of rotatable bonds is 5. The van der Waals surface area contributed by atoms with Gasteiger partial charge in [0.2, 0.25) is 5.91 Å². The average molecular weight is 480 g/mol. The van der Waals surface area contributed by atoms with E-state index < -0.39 is 0 Å². The number of pyridine rings is 1. The molecule has 2 aromatic heterocycles. The fraction of sp³-hybridized carbons (Fsp3) is 0.333. The SMILES string of the molecule is CNC(=O)n1ccc2cc(Oc3ccnc(NC(=O)N4CCN(C(=O)CN(C)C)CC4)c3)ccc21. The Bertz CT molecular complexity index is 1230. The number of piperazine rings is 1. The molecule has 2 N–H and O–H groups in total. The molecule has 11 nitrogen and oxygen atoms in total.